The summed E-state index contributed by atoms with van der Waals surface area (Å²) in [4.78, 5) is 9.62. The molecule has 0 saturated heterocycles. The van der Waals surface area contributed by atoms with Crippen LogP contribution >= 0.6 is 0 Å². The Morgan fingerprint density at radius 1 is 0.545 bits per heavy atom. The Morgan fingerprint density at radius 2 is 1.00 bits per heavy atom. The van der Waals surface area contributed by atoms with Crippen molar-refractivity contribution in [2.75, 3.05) is 0 Å². The molecule has 4 nitrogen and oxygen atoms in total. The molecule has 0 spiro atoms. The average Bonchev–Trinajstić information content (AvgIpc) is 2.82. The zero-order valence-corrected chi connectivity index (χ0v) is 21.7. The van der Waals surface area contributed by atoms with Crippen LogP contribution in [0.1, 0.15) is 22.5 Å². The van der Waals surface area contributed by atoms with Gasteiger partial charge in [-0.1, -0.05) is 0 Å². The van der Waals surface area contributed by atoms with E-state index >= 15 is 0 Å². The molecule has 0 saturated carbocycles. The quantitative estimate of drug-likeness (QED) is 0.279. The number of fused-ring (bicyclic) bond motifs is 2. The van der Waals surface area contributed by atoms with Gasteiger partial charge in [-0.25, -0.2) is 0 Å². The van der Waals surface area contributed by atoms with E-state index in [1.165, 1.54) is 0 Å². The Balaban J connectivity index is 1.64. The molecule has 0 radical (unpaired) electrons. The minimum absolute atomic E-state index is 0.816. The zero-order chi connectivity index (χ0) is 22.9. The third-order valence-electron chi connectivity index (χ3n) is 5.70. The summed E-state index contributed by atoms with van der Waals surface area (Å²) in [6, 6.07) is 26.9. The first-order valence-electron chi connectivity index (χ1n) is 11.0. The molecule has 5 heteroatoms. The Kier molecular flexibility index (Phi) is 5.99. The van der Waals surface area contributed by atoms with E-state index in [4.69, 9.17) is 15.6 Å². The molecule has 33 heavy (non-hydrogen) atoms. The van der Waals surface area contributed by atoms with Gasteiger partial charge in [0.15, 0.2) is 0 Å². The monoisotopic (exact) mass is 511 g/mol. The molecule has 5 aromatic rings. The normalized spacial score (nSPS) is 11.0. The number of rotatable bonds is 5. The van der Waals surface area contributed by atoms with Crippen molar-refractivity contribution in [3.8, 4) is 11.5 Å². The van der Waals surface area contributed by atoms with Crippen molar-refractivity contribution in [2.24, 2.45) is 0 Å². The van der Waals surface area contributed by atoms with Crippen molar-refractivity contribution in [1.29, 1.82) is 0 Å². The van der Waals surface area contributed by atoms with Crippen LogP contribution in [0.3, 0.4) is 0 Å². The maximum atomic E-state index is 6.82. The van der Waals surface area contributed by atoms with E-state index in [2.05, 4.69) is 62.4 Å². The number of benzene rings is 3. The third-order valence-corrected chi connectivity index (χ3v) is 9.60. The molecule has 0 aliphatic carbocycles. The van der Waals surface area contributed by atoms with Gasteiger partial charge in [-0.3, -0.25) is 0 Å². The molecule has 0 unspecified atom stereocenters. The maximum absolute atomic E-state index is 6.82. The molecule has 0 aliphatic rings. The van der Waals surface area contributed by atoms with Crippen LogP contribution in [0, 0.1) is 27.7 Å². The van der Waals surface area contributed by atoms with Gasteiger partial charge in [0.25, 0.3) is 0 Å². The number of hydrogen-bond acceptors (Lipinski definition) is 4. The van der Waals surface area contributed by atoms with E-state index in [1.54, 1.807) is 0 Å². The Hall–Kier alpha value is -3.04. The second-order valence-corrected chi connectivity index (χ2v) is 12.2. The molecule has 0 aliphatic heterocycles. The SMILES string of the molecule is Cc1ccc2ccc(C)c([O][Zr]([O]c3c(C)ccc4ccc(C)nc34)[c]3ccccc3)c2n1. The van der Waals surface area contributed by atoms with E-state index in [9.17, 15) is 0 Å². The molecule has 0 fully saturated rings. The van der Waals surface area contributed by atoms with Gasteiger partial charge < -0.3 is 0 Å². The first-order valence-corrected chi connectivity index (χ1v) is 14.3. The second kappa shape index (κ2) is 9.07. The predicted molar refractivity (Wildman–Crippen MR) is 130 cm³/mol. The van der Waals surface area contributed by atoms with Gasteiger partial charge in [-0.2, -0.15) is 0 Å². The summed E-state index contributed by atoms with van der Waals surface area (Å²) < 4.78 is 14.8. The van der Waals surface area contributed by atoms with E-state index in [1.807, 2.05) is 44.2 Å². The van der Waals surface area contributed by atoms with Gasteiger partial charge in [0.2, 0.25) is 0 Å². The van der Waals surface area contributed by atoms with E-state index in [0.29, 0.717) is 0 Å². The van der Waals surface area contributed by atoms with Crippen LogP contribution in [0.5, 0.6) is 11.5 Å². The van der Waals surface area contributed by atoms with Crippen molar-refractivity contribution in [2.45, 2.75) is 27.7 Å². The Bertz CT molecular complexity index is 1360. The summed E-state index contributed by atoms with van der Waals surface area (Å²) in [6.45, 7) is 8.15. The van der Waals surface area contributed by atoms with Gasteiger partial charge in [0.05, 0.1) is 0 Å². The summed E-state index contributed by atoms with van der Waals surface area (Å²) in [6.07, 6.45) is 0. The number of aryl methyl sites for hydroxylation is 4. The summed E-state index contributed by atoms with van der Waals surface area (Å²) in [5.74, 6) is 1.63. The van der Waals surface area contributed by atoms with Gasteiger partial charge in [-0.05, 0) is 0 Å². The Morgan fingerprint density at radius 3 is 1.48 bits per heavy atom. The fourth-order valence-corrected chi connectivity index (χ4v) is 7.88. The molecule has 0 amide bonds. The molecule has 3 aromatic carbocycles. The van der Waals surface area contributed by atoms with Crippen LogP contribution < -0.4 is 8.90 Å². The van der Waals surface area contributed by atoms with Crippen molar-refractivity contribution >= 4 is 25.1 Å². The predicted octanol–water partition coefficient (Wildman–Crippen LogP) is 6.25. The number of hydrogen-bond donors (Lipinski definition) is 0. The van der Waals surface area contributed by atoms with Gasteiger partial charge in [-0.15, -0.1) is 0 Å². The van der Waals surface area contributed by atoms with Crippen LogP contribution in [0.4, 0.5) is 0 Å². The number of pyridine rings is 2. The molecule has 5 rings (SSSR count). The molecule has 0 atom stereocenters. The van der Waals surface area contributed by atoms with E-state index < -0.39 is 22.6 Å². The first-order chi connectivity index (χ1) is 16.0. The summed E-state index contributed by atoms with van der Waals surface area (Å²) in [5, 5.41) is 2.13. The van der Waals surface area contributed by atoms with E-state index in [-0.39, 0.29) is 0 Å². The molecule has 2 heterocycles. The van der Waals surface area contributed by atoms with Crippen LogP contribution in [-0.4, -0.2) is 9.97 Å². The van der Waals surface area contributed by atoms with Crippen LogP contribution in [0.2, 0.25) is 0 Å². The standard InChI is InChI=1S/2C11H11NO.C6H5.Zr/c2*1-7-3-5-9-6-4-8(2)12-10(9)11(7)13;1-2-4-6-5-3-1;/h2*3-6,13H,1-2H3;1-5H;/q;;;+2/p-2. The second-order valence-electron chi connectivity index (χ2n) is 8.33. The number of nitrogens with zero attached hydrogens (tertiary/aromatic N) is 2. The van der Waals surface area contributed by atoms with Gasteiger partial charge in [0.1, 0.15) is 0 Å². The minimum atomic E-state index is -3.16. The molecule has 163 valence electrons. The van der Waals surface area contributed by atoms with E-state index in [0.717, 1.165) is 59.1 Å². The van der Waals surface area contributed by atoms with Crippen molar-refractivity contribution in [3.05, 3.63) is 101 Å². The van der Waals surface area contributed by atoms with Crippen molar-refractivity contribution in [1.82, 2.24) is 9.97 Å². The summed E-state index contributed by atoms with van der Waals surface area (Å²) >= 11 is -3.16. The van der Waals surface area contributed by atoms with Crippen molar-refractivity contribution in [3.63, 3.8) is 0 Å². The first kappa shape index (κ1) is 21.8. The average molecular weight is 513 g/mol. The topological polar surface area (TPSA) is 44.2 Å². The fraction of sp³-hybridized carbons (Fsp3) is 0.143. The Labute approximate surface area is 203 Å². The van der Waals surface area contributed by atoms with Gasteiger partial charge >= 0.3 is 204 Å². The third kappa shape index (κ3) is 4.43. The molecular weight excluding hydrogens is 488 g/mol. The van der Waals surface area contributed by atoms with Crippen LogP contribution in [0.15, 0.2) is 78.9 Å². The number of aromatic nitrogens is 2. The van der Waals surface area contributed by atoms with Crippen LogP contribution in [0.25, 0.3) is 21.8 Å². The molecular formula is C28H25N2O2Zr. The molecule has 0 bridgehead atoms. The molecule has 2 aromatic heterocycles. The fourth-order valence-electron chi connectivity index (χ4n) is 3.88. The zero-order valence-electron chi connectivity index (χ0n) is 19.2. The summed E-state index contributed by atoms with van der Waals surface area (Å²) in [5.41, 5.74) is 5.82. The van der Waals surface area contributed by atoms with Crippen LogP contribution in [-0.2, 0) is 22.6 Å². The van der Waals surface area contributed by atoms with Crippen molar-refractivity contribution < 1.29 is 28.3 Å². The van der Waals surface area contributed by atoms with Gasteiger partial charge in [0, 0.05) is 0 Å². The molecule has 0 N–H and O–H groups in total. The summed E-state index contributed by atoms with van der Waals surface area (Å²) in [7, 11) is 0.